The molecule has 3 aromatic rings. The topological polar surface area (TPSA) is 19.6 Å². The van der Waals surface area contributed by atoms with Crippen LogP contribution in [-0.4, -0.2) is 16.6 Å². The molecule has 3 heteroatoms. The maximum absolute atomic E-state index is 7.93. The molecule has 3 nitrogen and oxygen atoms in total. The standard InChI is InChI=1S/C21H24N2O/c1-14-10-11-17-16-8-6-7-9-18(16)24-20(17)19(14)22-12-13-23(15(22)2)21(3,4)5/h6-13,15H,1-5H3/t15-/m1/s1/i3D3. The number of anilines is 1. The number of nitrogens with zero attached hydrogens (tertiary/aromatic N) is 2. The molecule has 1 aliphatic rings. The SMILES string of the molecule is [2H]C([2H])([2H])C(C)(C)N1C=CN(c2c(C)ccc3c2oc2ccccc23)[C@H]1C. The highest BCUT2D eigenvalue weighted by Crippen LogP contribution is 2.40. The fourth-order valence-electron chi connectivity index (χ4n) is 3.64. The van der Waals surface area contributed by atoms with Gasteiger partial charge in [0.15, 0.2) is 5.58 Å². The van der Waals surface area contributed by atoms with E-state index in [4.69, 9.17) is 8.53 Å². The molecule has 1 aromatic heterocycles. The molecule has 0 amide bonds. The minimum Gasteiger partial charge on any atom is -0.454 e. The van der Waals surface area contributed by atoms with Crippen LogP contribution in [0.15, 0.2) is 53.2 Å². The Labute approximate surface area is 147 Å². The van der Waals surface area contributed by atoms with E-state index in [1.165, 1.54) is 0 Å². The summed E-state index contributed by atoms with van der Waals surface area (Å²) in [6, 6.07) is 12.2. The number of aryl methyl sites for hydroxylation is 1. The van der Waals surface area contributed by atoms with E-state index in [-0.39, 0.29) is 6.17 Å². The first-order valence-corrected chi connectivity index (χ1v) is 8.29. The van der Waals surface area contributed by atoms with Crippen molar-refractivity contribution < 1.29 is 8.53 Å². The van der Waals surface area contributed by atoms with Crippen LogP contribution in [0.25, 0.3) is 21.9 Å². The summed E-state index contributed by atoms with van der Waals surface area (Å²) in [5.74, 6) is 0. The third-order valence-corrected chi connectivity index (χ3v) is 4.82. The van der Waals surface area contributed by atoms with Gasteiger partial charge in [-0.05, 0) is 46.2 Å². The Morgan fingerprint density at radius 1 is 1.08 bits per heavy atom. The fourth-order valence-corrected chi connectivity index (χ4v) is 3.64. The Kier molecular flexibility index (Phi) is 2.52. The zero-order valence-electron chi connectivity index (χ0n) is 17.5. The van der Waals surface area contributed by atoms with E-state index in [0.717, 1.165) is 33.2 Å². The molecule has 0 radical (unpaired) electrons. The number of benzene rings is 2. The molecule has 124 valence electrons. The van der Waals surface area contributed by atoms with Crippen LogP contribution in [0, 0.1) is 6.92 Å². The lowest BCUT2D eigenvalue weighted by atomic mass is 10.1. The van der Waals surface area contributed by atoms with Gasteiger partial charge in [0.05, 0.1) is 5.69 Å². The van der Waals surface area contributed by atoms with E-state index in [2.05, 4.69) is 30.0 Å². The van der Waals surface area contributed by atoms with Gasteiger partial charge in [0.25, 0.3) is 0 Å². The van der Waals surface area contributed by atoms with Crippen LogP contribution < -0.4 is 4.90 Å². The van der Waals surface area contributed by atoms with Gasteiger partial charge in [-0.15, -0.1) is 0 Å². The Morgan fingerprint density at radius 2 is 1.88 bits per heavy atom. The average molecular weight is 323 g/mol. The Balaban J connectivity index is 1.84. The van der Waals surface area contributed by atoms with Gasteiger partial charge in [-0.3, -0.25) is 0 Å². The molecule has 0 N–H and O–H groups in total. The van der Waals surface area contributed by atoms with Gasteiger partial charge in [-0.2, -0.15) is 0 Å². The van der Waals surface area contributed by atoms with Crippen molar-refractivity contribution in [1.82, 2.24) is 4.90 Å². The van der Waals surface area contributed by atoms with Crippen LogP contribution in [0.2, 0.25) is 0 Å². The van der Waals surface area contributed by atoms with Crippen molar-refractivity contribution in [3.63, 3.8) is 0 Å². The molecule has 24 heavy (non-hydrogen) atoms. The van der Waals surface area contributed by atoms with Gasteiger partial charge in [0, 0.05) is 32.8 Å². The molecule has 0 bridgehead atoms. The van der Waals surface area contributed by atoms with E-state index in [1.54, 1.807) is 13.8 Å². The Hall–Kier alpha value is -2.42. The van der Waals surface area contributed by atoms with Crippen LogP contribution in [0.5, 0.6) is 0 Å². The smallest absolute Gasteiger partial charge is 0.159 e. The van der Waals surface area contributed by atoms with Crippen LogP contribution in [0.1, 0.15) is 37.3 Å². The van der Waals surface area contributed by atoms with E-state index in [9.17, 15) is 0 Å². The Bertz CT molecular complexity index is 1050. The van der Waals surface area contributed by atoms with Crippen LogP contribution in [-0.2, 0) is 0 Å². The molecule has 4 rings (SSSR count). The predicted molar refractivity (Wildman–Crippen MR) is 101 cm³/mol. The molecule has 0 aliphatic carbocycles. The number of hydrogen-bond acceptors (Lipinski definition) is 3. The summed E-state index contributed by atoms with van der Waals surface area (Å²) >= 11 is 0. The molecule has 0 saturated carbocycles. The first-order chi connectivity index (χ1) is 12.6. The van der Waals surface area contributed by atoms with Crippen molar-refractivity contribution >= 4 is 27.6 Å². The zero-order valence-corrected chi connectivity index (χ0v) is 14.5. The molecule has 2 aromatic carbocycles. The minimum atomic E-state index is -2.10. The Morgan fingerprint density at radius 3 is 2.67 bits per heavy atom. The van der Waals surface area contributed by atoms with Crippen molar-refractivity contribution in [1.29, 1.82) is 0 Å². The minimum absolute atomic E-state index is 0.141. The molecule has 0 unspecified atom stereocenters. The largest absolute Gasteiger partial charge is 0.454 e. The van der Waals surface area contributed by atoms with Crippen LogP contribution >= 0.6 is 0 Å². The van der Waals surface area contributed by atoms with E-state index in [0.29, 0.717) is 0 Å². The van der Waals surface area contributed by atoms with E-state index < -0.39 is 12.4 Å². The van der Waals surface area contributed by atoms with Gasteiger partial charge in [-0.1, -0.05) is 30.3 Å². The van der Waals surface area contributed by atoms with Crippen molar-refractivity contribution in [2.45, 2.75) is 46.3 Å². The van der Waals surface area contributed by atoms with Crippen LogP contribution in [0.3, 0.4) is 0 Å². The maximum Gasteiger partial charge on any atom is 0.159 e. The number of hydrogen-bond donors (Lipinski definition) is 0. The predicted octanol–water partition coefficient (Wildman–Crippen LogP) is 5.63. The van der Waals surface area contributed by atoms with Gasteiger partial charge in [0.2, 0.25) is 0 Å². The average Bonchev–Trinajstić information content (AvgIpc) is 3.15. The molecule has 1 aliphatic heterocycles. The second-order valence-electron chi connectivity index (χ2n) is 7.01. The van der Waals surface area contributed by atoms with Gasteiger partial charge < -0.3 is 14.2 Å². The molecule has 0 spiro atoms. The molecular formula is C21H24N2O. The first kappa shape index (κ1) is 12.0. The zero-order chi connectivity index (χ0) is 19.6. The summed E-state index contributed by atoms with van der Waals surface area (Å²) in [7, 11) is 0. The number of furan rings is 1. The highest BCUT2D eigenvalue weighted by Gasteiger charge is 2.32. The van der Waals surface area contributed by atoms with E-state index >= 15 is 0 Å². The first-order valence-electron chi connectivity index (χ1n) is 9.79. The van der Waals surface area contributed by atoms with Gasteiger partial charge >= 0.3 is 0 Å². The summed E-state index contributed by atoms with van der Waals surface area (Å²) < 4.78 is 30.0. The summed E-state index contributed by atoms with van der Waals surface area (Å²) in [4.78, 5) is 4.01. The van der Waals surface area contributed by atoms with E-state index in [1.807, 2.05) is 42.4 Å². The third kappa shape index (κ3) is 2.11. The molecule has 1 atom stereocenters. The monoisotopic (exact) mass is 323 g/mol. The lowest BCUT2D eigenvalue weighted by Gasteiger charge is -2.39. The van der Waals surface area contributed by atoms with Crippen LogP contribution in [0.4, 0.5) is 5.69 Å². The van der Waals surface area contributed by atoms with Crippen molar-refractivity contribution in [2.24, 2.45) is 0 Å². The van der Waals surface area contributed by atoms with Crippen molar-refractivity contribution in [2.75, 3.05) is 4.90 Å². The molecule has 0 fully saturated rings. The highest BCUT2D eigenvalue weighted by molar-refractivity contribution is 6.09. The molecule has 2 heterocycles. The number of rotatable bonds is 1. The summed E-state index contributed by atoms with van der Waals surface area (Å²) in [5, 5.41) is 2.16. The maximum atomic E-state index is 7.93. The summed E-state index contributed by atoms with van der Waals surface area (Å²) in [6.07, 6.45) is 3.68. The normalized spacial score (nSPS) is 20.7. The van der Waals surface area contributed by atoms with Gasteiger partial charge in [-0.25, -0.2) is 0 Å². The fraction of sp³-hybridized carbons (Fsp3) is 0.333. The summed E-state index contributed by atoms with van der Waals surface area (Å²) in [6.45, 7) is 5.51. The second-order valence-corrected chi connectivity index (χ2v) is 7.01. The molecule has 0 saturated heterocycles. The lowest BCUT2D eigenvalue weighted by Crippen LogP contribution is -2.46. The van der Waals surface area contributed by atoms with Crippen molar-refractivity contribution in [3.05, 3.63) is 54.4 Å². The lowest BCUT2D eigenvalue weighted by molar-refractivity contribution is 0.171. The summed E-state index contributed by atoms with van der Waals surface area (Å²) in [5.41, 5.74) is 2.78. The number of para-hydroxylation sites is 1. The molecular weight excluding hydrogens is 296 g/mol. The highest BCUT2D eigenvalue weighted by atomic mass is 16.3. The number of fused-ring (bicyclic) bond motifs is 3. The van der Waals surface area contributed by atoms with Crippen molar-refractivity contribution in [3.8, 4) is 0 Å². The van der Waals surface area contributed by atoms with Gasteiger partial charge in [0.1, 0.15) is 11.7 Å². The second kappa shape index (κ2) is 5.04. The third-order valence-electron chi connectivity index (χ3n) is 4.82. The quantitative estimate of drug-likeness (QED) is 0.578.